The Kier molecular flexibility index (Phi) is 7.53. The van der Waals surface area contributed by atoms with Crippen LogP contribution in [0.15, 0.2) is 205 Å². The van der Waals surface area contributed by atoms with Gasteiger partial charge in [0.15, 0.2) is 5.58 Å². The molecule has 1 heterocycles. The molecular formula is C48H33NO. The van der Waals surface area contributed by atoms with E-state index in [1.807, 2.05) is 12.1 Å². The average molecular weight is 640 g/mol. The number of anilines is 3. The molecule has 0 bridgehead atoms. The molecule has 0 saturated heterocycles. The highest BCUT2D eigenvalue weighted by Crippen LogP contribution is 2.47. The van der Waals surface area contributed by atoms with E-state index in [1.54, 1.807) is 0 Å². The van der Waals surface area contributed by atoms with E-state index < -0.39 is 0 Å². The van der Waals surface area contributed by atoms with Crippen molar-refractivity contribution in [3.05, 3.63) is 200 Å². The van der Waals surface area contributed by atoms with Crippen LogP contribution >= 0.6 is 0 Å². The maximum absolute atomic E-state index is 6.66. The molecule has 9 aromatic rings. The van der Waals surface area contributed by atoms with Crippen LogP contribution in [0.5, 0.6) is 0 Å². The van der Waals surface area contributed by atoms with Crippen LogP contribution < -0.4 is 4.90 Å². The number of hydrogen-bond acceptors (Lipinski definition) is 2. The SMILES string of the molecule is c1ccc(-c2ccccc2-c2ccc(N(c3ccccc3-c3ccccc3-c3ccccc3)c3cccc4c3oc3ccccc34)cc2)cc1. The van der Waals surface area contributed by atoms with Crippen LogP contribution in [0.2, 0.25) is 0 Å². The lowest BCUT2D eigenvalue weighted by Crippen LogP contribution is -2.11. The molecule has 0 fully saturated rings. The lowest BCUT2D eigenvalue weighted by Gasteiger charge is -2.28. The van der Waals surface area contributed by atoms with Crippen LogP contribution in [-0.4, -0.2) is 0 Å². The summed E-state index contributed by atoms with van der Waals surface area (Å²) in [5.41, 5.74) is 14.3. The zero-order valence-electron chi connectivity index (χ0n) is 27.4. The first-order valence-electron chi connectivity index (χ1n) is 17.0. The zero-order chi connectivity index (χ0) is 33.3. The van der Waals surface area contributed by atoms with Crippen LogP contribution in [0.25, 0.3) is 66.4 Å². The van der Waals surface area contributed by atoms with Crippen molar-refractivity contribution in [3.8, 4) is 44.5 Å². The molecule has 0 radical (unpaired) electrons. The fraction of sp³-hybridized carbons (Fsp3) is 0. The number of nitrogens with zero attached hydrogens (tertiary/aromatic N) is 1. The van der Waals surface area contributed by atoms with Crippen molar-refractivity contribution in [1.29, 1.82) is 0 Å². The van der Waals surface area contributed by atoms with E-state index in [-0.39, 0.29) is 0 Å². The topological polar surface area (TPSA) is 16.4 Å². The predicted octanol–water partition coefficient (Wildman–Crippen LogP) is 13.7. The molecule has 1 aromatic heterocycles. The molecule has 0 aliphatic rings. The Balaban J connectivity index is 1.25. The lowest BCUT2D eigenvalue weighted by molar-refractivity contribution is 0.669. The van der Waals surface area contributed by atoms with Crippen molar-refractivity contribution in [2.45, 2.75) is 0 Å². The summed E-state index contributed by atoms with van der Waals surface area (Å²) in [6, 6.07) is 71.0. The Hall–Kier alpha value is -6.64. The van der Waals surface area contributed by atoms with Gasteiger partial charge in [0, 0.05) is 22.0 Å². The highest BCUT2D eigenvalue weighted by Gasteiger charge is 2.23. The molecule has 0 saturated carbocycles. The smallest absolute Gasteiger partial charge is 0.159 e. The van der Waals surface area contributed by atoms with Gasteiger partial charge >= 0.3 is 0 Å². The van der Waals surface area contributed by atoms with Gasteiger partial charge in [-0.2, -0.15) is 0 Å². The Morgan fingerprint density at radius 3 is 1.42 bits per heavy atom. The summed E-state index contributed by atoms with van der Waals surface area (Å²) in [4.78, 5) is 2.36. The molecule has 0 aliphatic carbocycles. The molecule has 50 heavy (non-hydrogen) atoms. The number of fused-ring (bicyclic) bond motifs is 3. The second-order valence-electron chi connectivity index (χ2n) is 12.5. The van der Waals surface area contributed by atoms with Gasteiger partial charge in [-0.05, 0) is 69.3 Å². The predicted molar refractivity (Wildman–Crippen MR) is 210 cm³/mol. The van der Waals surface area contributed by atoms with Gasteiger partial charge in [-0.1, -0.05) is 170 Å². The average Bonchev–Trinajstić information content (AvgIpc) is 3.59. The number of rotatable bonds is 7. The van der Waals surface area contributed by atoms with Gasteiger partial charge < -0.3 is 9.32 Å². The van der Waals surface area contributed by atoms with E-state index in [1.165, 1.54) is 33.4 Å². The Morgan fingerprint density at radius 1 is 0.300 bits per heavy atom. The van der Waals surface area contributed by atoms with Crippen LogP contribution in [0.4, 0.5) is 17.1 Å². The van der Waals surface area contributed by atoms with Crippen molar-refractivity contribution in [1.82, 2.24) is 0 Å². The van der Waals surface area contributed by atoms with E-state index in [2.05, 4.69) is 193 Å². The second kappa shape index (κ2) is 12.8. The van der Waals surface area contributed by atoms with E-state index in [0.29, 0.717) is 0 Å². The van der Waals surface area contributed by atoms with Gasteiger partial charge in [-0.25, -0.2) is 0 Å². The van der Waals surface area contributed by atoms with Gasteiger partial charge in [0.2, 0.25) is 0 Å². The summed E-state index contributed by atoms with van der Waals surface area (Å²) in [7, 11) is 0. The lowest BCUT2D eigenvalue weighted by atomic mass is 9.92. The van der Waals surface area contributed by atoms with Crippen molar-refractivity contribution in [3.63, 3.8) is 0 Å². The van der Waals surface area contributed by atoms with Gasteiger partial charge in [-0.15, -0.1) is 0 Å². The maximum Gasteiger partial charge on any atom is 0.159 e. The van der Waals surface area contributed by atoms with Crippen LogP contribution in [0.1, 0.15) is 0 Å². The zero-order valence-corrected chi connectivity index (χ0v) is 27.4. The van der Waals surface area contributed by atoms with E-state index >= 15 is 0 Å². The monoisotopic (exact) mass is 639 g/mol. The number of furan rings is 1. The first-order valence-corrected chi connectivity index (χ1v) is 17.0. The summed E-state index contributed by atoms with van der Waals surface area (Å²) in [6.07, 6.45) is 0. The molecule has 8 aromatic carbocycles. The first-order chi connectivity index (χ1) is 24.8. The molecule has 0 atom stereocenters. The minimum atomic E-state index is 0.860. The Labute approximate surface area is 292 Å². The summed E-state index contributed by atoms with van der Waals surface area (Å²) in [6.45, 7) is 0. The van der Waals surface area contributed by atoms with Crippen molar-refractivity contribution in [2.75, 3.05) is 4.90 Å². The molecule has 0 amide bonds. The fourth-order valence-electron chi connectivity index (χ4n) is 7.19. The van der Waals surface area contributed by atoms with E-state index in [0.717, 1.165) is 50.1 Å². The molecule has 0 spiro atoms. The Bertz CT molecular complexity index is 2580. The molecule has 2 heteroatoms. The van der Waals surface area contributed by atoms with Gasteiger partial charge in [0.05, 0.1) is 11.4 Å². The second-order valence-corrected chi connectivity index (χ2v) is 12.5. The Morgan fingerprint density at radius 2 is 0.760 bits per heavy atom. The molecular weight excluding hydrogens is 607 g/mol. The number of hydrogen-bond donors (Lipinski definition) is 0. The highest BCUT2D eigenvalue weighted by atomic mass is 16.3. The van der Waals surface area contributed by atoms with E-state index in [4.69, 9.17) is 4.42 Å². The third kappa shape index (κ3) is 5.24. The summed E-state index contributed by atoms with van der Waals surface area (Å²) < 4.78 is 6.66. The normalized spacial score (nSPS) is 11.2. The third-order valence-electron chi connectivity index (χ3n) is 9.52. The molecule has 9 rings (SSSR count). The van der Waals surface area contributed by atoms with Crippen LogP contribution in [0.3, 0.4) is 0 Å². The minimum absolute atomic E-state index is 0.860. The van der Waals surface area contributed by atoms with Crippen molar-refractivity contribution in [2.24, 2.45) is 0 Å². The van der Waals surface area contributed by atoms with Crippen molar-refractivity contribution < 1.29 is 4.42 Å². The number of para-hydroxylation sites is 3. The highest BCUT2D eigenvalue weighted by molar-refractivity contribution is 6.11. The molecule has 2 nitrogen and oxygen atoms in total. The van der Waals surface area contributed by atoms with Crippen LogP contribution in [-0.2, 0) is 0 Å². The fourth-order valence-corrected chi connectivity index (χ4v) is 7.19. The van der Waals surface area contributed by atoms with Gasteiger partial charge in [0.25, 0.3) is 0 Å². The summed E-state index contributed by atoms with van der Waals surface area (Å²) in [5.74, 6) is 0. The molecule has 0 unspecified atom stereocenters. The minimum Gasteiger partial charge on any atom is -0.454 e. The standard InChI is InChI=1S/C48H33NO/c1-3-16-34(17-4-1)38-20-7-8-21-39(38)36-30-32-37(33-31-36)49(46-28-15-26-44-43-25-12-14-29-47(43)50-48(44)46)45-27-13-11-24-42(45)41-23-10-9-22-40(41)35-18-5-2-6-19-35/h1-33H. The molecule has 0 N–H and O–H groups in total. The van der Waals surface area contributed by atoms with E-state index in [9.17, 15) is 0 Å². The largest absolute Gasteiger partial charge is 0.454 e. The maximum atomic E-state index is 6.66. The molecule has 236 valence electrons. The summed E-state index contributed by atoms with van der Waals surface area (Å²) in [5, 5.41) is 2.21. The molecule has 0 aliphatic heterocycles. The van der Waals surface area contributed by atoms with Gasteiger partial charge in [-0.3, -0.25) is 0 Å². The first kappa shape index (κ1) is 29.5. The third-order valence-corrected chi connectivity index (χ3v) is 9.52. The number of benzene rings is 8. The van der Waals surface area contributed by atoms with Gasteiger partial charge in [0.1, 0.15) is 5.58 Å². The summed E-state index contributed by atoms with van der Waals surface area (Å²) >= 11 is 0. The quantitative estimate of drug-likeness (QED) is 0.173. The van der Waals surface area contributed by atoms with Crippen LogP contribution in [0, 0.1) is 0 Å². The van der Waals surface area contributed by atoms with Crippen molar-refractivity contribution >= 4 is 39.0 Å².